The summed E-state index contributed by atoms with van der Waals surface area (Å²) >= 11 is 0. The number of carbonyl (C=O) groups is 2. The number of aromatic nitrogens is 3. The molecule has 2 aliphatic heterocycles. The van der Waals surface area contributed by atoms with Crippen LogP contribution in [0.5, 0.6) is 0 Å². The summed E-state index contributed by atoms with van der Waals surface area (Å²) in [4.78, 5) is 35.0. The van der Waals surface area contributed by atoms with Crippen LogP contribution in [-0.2, 0) is 9.53 Å². The summed E-state index contributed by atoms with van der Waals surface area (Å²) in [6.07, 6.45) is 2.18. The normalized spacial score (nSPS) is 19.2. The number of ether oxygens (including phenoxy) is 1. The molecule has 202 valence electrons. The topological polar surface area (TPSA) is 100 Å². The van der Waals surface area contributed by atoms with Crippen LogP contribution in [0.3, 0.4) is 0 Å². The van der Waals surface area contributed by atoms with Gasteiger partial charge < -0.3 is 19.6 Å². The average Bonchev–Trinajstić information content (AvgIpc) is 3.32. The van der Waals surface area contributed by atoms with Crippen molar-refractivity contribution in [2.45, 2.75) is 57.6 Å². The van der Waals surface area contributed by atoms with Crippen LogP contribution in [0.25, 0.3) is 16.9 Å². The minimum absolute atomic E-state index is 0.118. The Morgan fingerprint density at radius 2 is 1.79 bits per heavy atom. The van der Waals surface area contributed by atoms with Crippen LogP contribution < -0.4 is 0 Å². The first-order chi connectivity index (χ1) is 18.0. The highest BCUT2D eigenvalue weighted by Crippen LogP contribution is 2.30. The summed E-state index contributed by atoms with van der Waals surface area (Å²) in [5.74, 6) is -0.740. The summed E-state index contributed by atoms with van der Waals surface area (Å²) in [5, 5.41) is 15.6. The first kappa shape index (κ1) is 26.2. The number of hydrogen-bond acceptors (Lipinski definition) is 6. The number of rotatable bonds is 4. The van der Waals surface area contributed by atoms with Crippen LogP contribution in [-0.4, -0.2) is 85.3 Å². The molecule has 2 saturated heterocycles. The molecule has 0 unspecified atom stereocenters. The van der Waals surface area contributed by atoms with E-state index >= 15 is 0 Å². The molecule has 0 bridgehead atoms. The molecule has 0 saturated carbocycles. The number of halogens is 1. The zero-order valence-electron chi connectivity index (χ0n) is 22.3. The van der Waals surface area contributed by atoms with Gasteiger partial charge in [-0.3, -0.25) is 9.59 Å². The average molecular weight is 524 g/mol. The standard InChI is InChI=1S/C28H34FN5O4/c1-18(2)21-15-22(19-5-7-20(29)8-6-19)31-34-16-23(30-24(21)34)25(35)33-12-11-32(17-27(33,3)4)26(36)28(37)9-13-38-14-10-28/h5-8,15-16,18,37H,9-14,17H2,1-4H3. The van der Waals surface area contributed by atoms with Gasteiger partial charge in [-0.05, 0) is 50.1 Å². The molecule has 5 rings (SSSR count). The van der Waals surface area contributed by atoms with E-state index in [9.17, 15) is 19.1 Å². The van der Waals surface area contributed by atoms with Gasteiger partial charge in [-0.2, -0.15) is 5.10 Å². The predicted octanol–water partition coefficient (Wildman–Crippen LogP) is 3.26. The minimum Gasteiger partial charge on any atom is -0.381 e. The lowest BCUT2D eigenvalue weighted by molar-refractivity contribution is -0.164. The van der Waals surface area contributed by atoms with Crippen LogP contribution in [0.1, 0.15) is 62.5 Å². The smallest absolute Gasteiger partial charge is 0.274 e. The largest absolute Gasteiger partial charge is 0.381 e. The van der Waals surface area contributed by atoms with E-state index in [1.54, 1.807) is 32.6 Å². The molecule has 1 N–H and O–H groups in total. The van der Waals surface area contributed by atoms with Gasteiger partial charge in [0.1, 0.15) is 17.1 Å². The molecule has 0 spiro atoms. The van der Waals surface area contributed by atoms with E-state index < -0.39 is 11.1 Å². The lowest BCUT2D eigenvalue weighted by Gasteiger charge is -2.48. The zero-order valence-corrected chi connectivity index (χ0v) is 22.3. The summed E-state index contributed by atoms with van der Waals surface area (Å²) in [7, 11) is 0. The molecule has 2 fully saturated rings. The lowest BCUT2D eigenvalue weighted by atomic mass is 9.90. The Bertz CT molecular complexity index is 1360. The first-order valence-corrected chi connectivity index (χ1v) is 13.1. The molecule has 0 atom stereocenters. The summed E-state index contributed by atoms with van der Waals surface area (Å²) in [6, 6.07) is 8.08. The van der Waals surface area contributed by atoms with Crippen LogP contribution in [0.4, 0.5) is 4.39 Å². The third-order valence-electron chi connectivity index (χ3n) is 7.59. The Hall–Kier alpha value is -3.37. The maximum atomic E-state index is 13.7. The minimum atomic E-state index is -1.41. The van der Waals surface area contributed by atoms with Crippen molar-refractivity contribution in [2.75, 3.05) is 32.8 Å². The van der Waals surface area contributed by atoms with Crippen LogP contribution in [0.2, 0.25) is 0 Å². The Balaban J connectivity index is 1.41. The highest BCUT2D eigenvalue weighted by atomic mass is 19.1. The molecule has 3 aromatic rings. The third-order valence-corrected chi connectivity index (χ3v) is 7.59. The van der Waals surface area contributed by atoms with Crippen LogP contribution in [0, 0.1) is 5.82 Å². The molecule has 1 aromatic carbocycles. The van der Waals surface area contributed by atoms with Crippen molar-refractivity contribution in [3.63, 3.8) is 0 Å². The van der Waals surface area contributed by atoms with Crippen molar-refractivity contribution >= 4 is 17.5 Å². The van der Waals surface area contributed by atoms with E-state index in [1.165, 1.54) is 12.1 Å². The maximum absolute atomic E-state index is 13.7. The molecule has 4 heterocycles. The van der Waals surface area contributed by atoms with Gasteiger partial charge in [0.25, 0.3) is 11.8 Å². The van der Waals surface area contributed by atoms with Gasteiger partial charge >= 0.3 is 0 Å². The SMILES string of the molecule is CC(C)c1cc(-c2ccc(F)cc2)nn2cc(C(=O)N3CCN(C(=O)C4(O)CCOCC4)CC3(C)C)nc12. The van der Waals surface area contributed by atoms with Crippen molar-refractivity contribution in [1.82, 2.24) is 24.4 Å². The number of imidazole rings is 1. The highest BCUT2D eigenvalue weighted by Gasteiger charge is 2.46. The zero-order chi connectivity index (χ0) is 27.2. The summed E-state index contributed by atoms with van der Waals surface area (Å²) < 4.78 is 20.4. The quantitative estimate of drug-likeness (QED) is 0.564. The van der Waals surface area contributed by atoms with E-state index in [-0.39, 0.29) is 42.1 Å². The van der Waals surface area contributed by atoms with E-state index in [0.717, 1.165) is 11.1 Å². The van der Waals surface area contributed by atoms with Crippen LogP contribution in [0.15, 0.2) is 36.5 Å². The fourth-order valence-corrected chi connectivity index (χ4v) is 5.35. The number of amides is 2. The lowest BCUT2D eigenvalue weighted by Crippen LogP contribution is -2.65. The number of fused-ring (bicyclic) bond motifs is 1. The monoisotopic (exact) mass is 523 g/mol. The number of aliphatic hydroxyl groups is 1. The number of piperazine rings is 1. The number of hydrogen-bond donors (Lipinski definition) is 1. The highest BCUT2D eigenvalue weighted by molar-refractivity contribution is 5.94. The number of nitrogens with zero attached hydrogens (tertiary/aromatic N) is 5. The molecular weight excluding hydrogens is 489 g/mol. The van der Waals surface area contributed by atoms with E-state index in [4.69, 9.17) is 4.74 Å². The molecule has 2 aliphatic rings. The van der Waals surface area contributed by atoms with Gasteiger partial charge in [0, 0.05) is 56.8 Å². The second-order valence-corrected chi connectivity index (χ2v) is 11.2. The molecular formula is C28H34FN5O4. The Labute approximate surface area is 221 Å². The van der Waals surface area contributed by atoms with Crippen molar-refractivity contribution in [2.24, 2.45) is 0 Å². The Morgan fingerprint density at radius 1 is 1.11 bits per heavy atom. The summed E-state index contributed by atoms with van der Waals surface area (Å²) in [6.45, 7) is 9.59. The van der Waals surface area contributed by atoms with Crippen LogP contribution >= 0.6 is 0 Å². The second kappa shape index (κ2) is 9.74. The summed E-state index contributed by atoms with van der Waals surface area (Å²) in [5.41, 5.74) is 1.15. The van der Waals surface area contributed by atoms with Crippen molar-refractivity contribution < 1.29 is 23.8 Å². The maximum Gasteiger partial charge on any atom is 0.274 e. The van der Waals surface area contributed by atoms with Gasteiger partial charge in [-0.25, -0.2) is 13.9 Å². The van der Waals surface area contributed by atoms with Gasteiger partial charge in [0.05, 0.1) is 17.4 Å². The van der Waals surface area contributed by atoms with Crippen molar-refractivity contribution in [1.29, 1.82) is 0 Å². The fourth-order valence-electron chi connectivity index (χ4n) is 5.35. The van der Waals surface area contributed by atoms with Gasteiger partial charge in [0.15, 0.2) is 5.65 Å². The number of carbonyl (C=O) groups excluding carboxylic acids is 2. The molecule has 10 heteroatoms. The molecule has 0 radical (unpaired) electrons. The van der Waals surface area contributed by atoms with E-state index in [2.05, 4.69) is 10.1 Å². The molecule has 38 heavy (non-hydrogen) atoms. The van der Waals surface area contributed by atoms with E-state index in [1.807, 2.05) is 33.8 Å². The molecule has 9 nitrogen and oxygen atoms in total. The predicted molar refractivity (Wildman–Crippen MR) is 139 cm³/mol. The fraction of sp³-hybridized carbons (Fsp3) is 0.500. The van der Waals surface area contributed by atoms with Gasteiger partial charge in [-0.1, -0.05) is 13.8 Å². The Kier molecular flexibility index (Phi) is 6.73. The molecule has 2 aromatic heterocycles. The first-order valence-electron chi connectivity index (χ1n) is 13.1. The molecule has 2 amide bonds. The van der Waals surface area contributed by atoms with Gasteiger partial charge in [0.2, 0.25) is 0 Å². The second-order valence-electron chi connectivity index (χ2n) is 11.2. The van der Waals surface area contributed by atoms with Gasteiger partial charge in [-0.15, -0.1) is 0 Å². The van der Waals surface area contributed by atoms with E-state index in [0.29, 0.717) is 44.2 Å². The third kappa shape index (κ3) is 4.78. The molecule has 0 aliphatic carbocycles. The van der Waals surface area contributed by atoms with Crippen molar-refractivity contribution in [3.05, 3.63) is 53.6 Å². The van der Waals surface area contributed by atoms with Crippen molar-refractivity contribution in [3.8, 4) is 11.3 Å². The Morgan fingerprint density at radius 3 is 2.42 bits per heavy atom. The number of benzene rings is 1.